The van der Waals surface area contributed by atoms with Crippen LogP contribution in [0, 0.1) is 11.8 Å². The van der Waals surface area contributed by atoms with Crippen molar-refractivity contribution in [2.45, 2.75) is 86.9 Å². The minimum atomic E-state index is -4.24. The van der Waals surface area contributed by atoms with Crippen molar-refractivity contribution in [1.82, 2.24) is 10.0 Å². The molecule has 0 unspecified atom stereocenters. The topological polar surface area (TPSA) is 132 Å². The molecule has 13 heteroatoms. The number of nitrogens with zero attached hydrogens (tertiary/aromatic N) is 1. The van der Waals surface area contributed by atoms with Gasteiger partial charge in [-0.1, -0.05) is 23.7 Å². The fourth-order valence-corrected chi connectivity index (χ4v) is 9.37. The van der Waals surface area contributed by atoms with Gasteiger partial charge in [0.25, 0.3) is 15.9 Å². The van der Waals surface area contributed by atoms with Gasteiger partial charge >= 0.3 is 6.09 Å². The van der Waals surface area contributed by atoms with E-state index < -0.39 is 33.7 Å². The molecule has 3 aliphatic heterocycles. The Hall–Kier alpha value is -3.32. The highest BCUT2D eigenvalue weighted by molar-refractivity contribution is 7.90. The number of hydrogen-bond acceptors (Lipinski definition) is 9. The Morgan fingerprint density at radius 2 is 1.92 bits per heavy atom. The standard InChI is InChI=1S/C37H46ClN3O8S/c1-36(2)34(42)40-50(44,45)28-9-12-33-31(20-28)41(22-37(23-47-33)15-3-5-24-19-26(38)8-11-30(24)37)21-25-7-10-29(25)32(6-4-16-48-36)49-35(43)39-27-13-17-46-18-14-27/h4,6,8-9,11-12,19-20,25,27,29,32H,3,5,7,10,13-18,21-23H2,1-2H3,(H,39,43)(H,40,42)/b6-4-/t25-,29+,32-,37-/m0/s1. The molecular weight excluding hydrogens is 682 g/mol. The molecule has 0 radical (unpaired) electrons. The van der Waals surface area contributed by atoms with E-state index in [1.165, 1.54) is 31.0 Å². The lowest BCUT2D eigenvalue weighted by Crippen LogP contribution is -2.50. The summed E-state index contributed by atoms with van der Waals surface area (Å²) in [5.41, 5.74) is 1.24. The van der Waals surface area contributed by atoms with E-state index in [1.807, 2.05) is 18.2 Å². The fraction of sp³-hybridized carbons (Fsp3) is 0.568. The quantitative estimate of drug-likeness (QED) is 0.397. The molecule has 2 N–H and O–H groups in total. The van der Waals surface area contributed by atoms with Gasteiger partial charge in [0.1, 0.15) is 17.5 Å². The van der Waals surface area contributed by atoms with Crippen LogP contribution in [-0.4, -0.2) is 77.7 Å². The number of amides is 2. The number of fused-ring (bicyclic) bond motifs is 4. The summed E-state index contributed by atoms with van der Waals surface area (Å²) in [5, 5.41) is 3.72. The van der Waals surface area contributed by atoms with Crippen molar-refractivity contribution in [3.8, 4) is 5.75 Å². The van der Waals surface area contributed by atoms with Crippen LogP contribution in [0.3, 0.4) is 0 Å². The number of rotatable bonds is 2. The number of carbonyl (C=O) groups is 2. The Labute approximate surface area is 299 Å². The SMILES string of the molecule is CC1(C)OC/C=C\[C@H](OC(=O)NC2CCOCC2)[C@@H]2CC[C@H]2CN2C[C@@]3(CCCc4cc(Cl)ccc43)COc3ccc(cc32)S(=O)(=O)NC1=O. The number of carbonyl (C=O) groups excluding carboxylic acids is 2. The van der Waals surface area contributed by atoms with Gasteiger partial charge in [-0.25, -0.2) is 17.9 Å². The number of sulfonamides is 1. The van der Waals surface area contributed by atoms with Gasteiger partial charge in [-0.15, -0.1) is 0 Å². The Balaban J connectivity index is 1.25. The second-order valence-electron chi connectivity index (χ2n) is 14.8. The first-order valence-corrected chi connectivity index (χ1v) is 19.5. The molecule has 1 spiro atoms. The molecule has 270 valence electrons. The van der Waals surface area contributed by atoms with E-state index in [0.29, 0.717) is 49.4 Å². The van der Waals surface area contributed by atoms with Crippen LogP contribution in [0.15, 0.2) is 53.4 Å². The molecule has 11 nitrogen and oxygen atoms in total. The van der Waals surface area contributed by atoms with E-state index in [4.69, 9.17) is 30.5 Å². The fourth-order valence-electron chi connectivity index (χ4n) is 8.05. The zero-order valence-electron chi connectivity index (χ0n) is 28.6. The first kappa shape index (κ1) is 35.1. The van der Waals surface area contributed by atoms with E-state index in [0.717, 1.165) is 44.9 Å². The summed E-state index contributed by atoms with van der Waals surface area (Å²) in [6.07, 6.45) is 8.65. The van der Waals surface area contributed by atoms with Gasteiger partial charge < -0.3 is 29.2 Å². The Kier molecular flexibility index (Phi) is 9.83. The van der Waals surface area contributed by atoms with Crippen LogP contribution in [0.25, 0.3) is 0 Å². The van der Waals surface area contributed by atoms with Crippen molar-refractivity contribution in [2.24, 2.45) is 11.8 Å². The van der Waals surface area contributed by atoms with Crippen molar-refractivity contribution in [3.63, 3.8) is 0 Å². The van der Waals surface area contributed by atoms with Gasteiger partial charge in [0.2, 0.25) is 0 Å². The molecule has 4 atom stereocenters. The van der Waals surface area contributed by atoms with Crippen molar-refractivity contribution < 1.29 is 37.0 Å². The monoisotopic (exact) mass is 727 g/mol. The molecule has 2 aromatic carbocycles. The summed E-state index contributed by atoms with van der Waals surface area (Å²) in [6, 6.07) is 10.9. The number of nitrogens with one attached hydrogen (secondary N) is 2. The predicted molar refractivity (Wildman–Crippen MR) is 188 cm³/mol. The molecule has 5 aliphatic rings. The van der Waals surface area contributed by atoms with Gasteiger partial charge in [-0.05, 0) is 112 Å². The third kappa shape index (κ3) is 7.22. The maximum atomic E-state index is 13.6. The van der Waals surface area contributed by atoms with E-state index in [2.05, 4.69) is 21.0 Å². The average Bonchev–Trinajstić information content (AvgIpc) is 3.21. The first-order valence-electron chi connectivity index (χ1n) is 17.7. The minimum absolute atomic E-state index is 0.00484. The number of hydrogen-bond donors (Lipinski definition) is 2. The second-order valence-corrected chi connectivity index (χ2v) is 16.9. The first-order chi connectivity index (χ1) is 23.9. The third-order valence-corrected chi connectivity index (χ3v) is 12.7. The number of halogens is 1. The molecule has 3 heterocycles. The maximum Gasteiger partial charge on any atom is 0.407 e. The lowest BCUT2D eigenvalue weighted by molar-refractivity contribution is -0.139. The highest BCUT2D eigenvalue weighted by Crippen LogP contribution is 2.47. The van der Waals surface area contributed by atoms with Crippen LogP contribution >= 0.6 is 11.6 Å². The molecule has 2 aromatic rings. The predicted octanol–water partition coefficient (Wildman–Crippen LogP) is 5.28. The average molecular weight is 728 g/mol. The van der Waals surface area contributed by atoms with Gasteiger partial charge in [0.15, 0.2) is 0 Å². The molecule has 50 heavy (non-hydrogen) atoms. The highest BCUT2D eigenvalue weighted by atomic mass is 35.5. The molecule has 7 rings (SSSR count). The van der Waals surface area contributed by atoms with Crippen LogP contribution in [0.5, 0.6) is 5.75 Å². The molecule has 2 bridgehead atoms. The molecule has 1 saturated heterocycles. The second kappa shape index (κ2) is 14.0. The van der Waals surface area contributed by atoms with E-state index in [-0.39, 0.29) is 34.8 Å². The summed E-state index contributed by atoms with van der Waals surface area (Å²) in [5.74, 6) is -0.0523. The van der Waals surface area contributed by atoms with Crippen molar-refractivity contribution >= 4 is 39.3 Å². The number of ether oxygens (including phenoxy) is 4. The highest BCUT2D eigenvalue weighted by Gasteiger charge is 2.45. The summed E-state index contributed by atoms with van der Waals surface area (Å²) in [6.45, 7) is 5.88. The van der Waals surface area contributed by atoms with Crippen LogP contribution in [-0.2, 0) is 40.9 Å². The van der Waals surface area contributed by atoms with Gasteiger partial charge in [0, 0.05) is 48.7 Å². The molecule has 0 aromatic heterocycles. The van der Waals surface area contributed by atoms with Gasteiger partial charge in [-0.2, -0.15) is 0 Å². The van der Waals surface area contributed by atoms with Gasteiger partial charge in [0.05, 0.1) is 23.8 Å². The normalized spacial score (nSPS) is 29.9. The molecule has 2 aliphatic carbocycles. The van der Waals surface area contributed by atoms with E-state index in [9.17, 15) is 18.0 Å². The molecular formula is C37H46ClN3O8S. The lowest BCUT2D eigenvalue weighted by atomic mass is 9.68. The van der Waals surface area contributed by atoms with Crippen LogP contribution in [0.4, 0.5) is 10.5 Å². The number of alkyl carbamates (subject to hydrolysis) is 1. The maximum absolute atomic E-state index is 13.6. The summed E-state index contributed by atoms with van der Waals surface area (Å²) in [4.78, 5) is 28.7. The Morgan fingerprint density at radius 1 is 1.10 bits per heavy atom. The summed E-state index contributed by atoms with van der Waals surface area (Å²) >= 11 is 6.44. The minimum Gasteiger partial charge on any atom is -0.490 e. The van der Waals surface area contributed by atoms with Crippen molar-refractivity contribution in [3.05, 3.63) is 64.7 Å². The van der Waals surface area contributed by atoms with E-state index in [1.54, 1.807) is 18.2 Å². The van der Waals surface area contributed by atoms with Crippen LogP contribution in [0.1, 0.15) is 63.5 Å². The Morgan fingerprint density at radius 3 is 2.70 bits per heavy atom. The number of benzene rings is 2. The molecule has 2 fully saturated rings. The zero-order chi connectivity index (χ0) is 35.1. The van der Waals surface area contributed by atoms with Crippen molar-refractivity contribution in [1.29, 1.82) is 0 Å². The Bertz CT molecular complexity index is 1760. The van der Waals surface area contributed by atoms with Crippen LogP contribution < -0.4 is 19.7 Å². The zero-order valence-corrected chi connectivity index (χ0v) is 30.2. The number of anilines is 1. The smallest absolute Gasteiger partial charge is 0.407 e. The molecule has 2 amide bonds. The largest absolute Gasteiger partial charge is 0.490 e. The lowest BCUT2D eigenvalue weighted by Gasteiger charge is -2.46. The van der Waals surface area contributed by atoms with Crippen molar-refractivity contribution in [2.75, 3.05) is 44.4 Å². The molecule has 1 saturated carbocycles. The van der Waals surface area contributed by atoms with E-state index >= 15 is 0 Å². The number of aryl methyl sites for hydroxylation is 1. The summed E-state index contributed by atoms with van der Waals surface area (Å²) in [7, 11) is -4.24. The third-order valence-electron chi connectivity index (χ3n) is 11.1. The summed E-state index contributed by atoms with van der Waals surface area (Å²) < 4.78 is 53.5. The van der Waals surface area contributed by atoms with Crippen LogP contribution in [0.2, 0.25) is 5.02 Å². The van der Waals surface area contributed by atoms with Gasteiger partial charge in [-0.3, -0.25) is 4.79 Å².